The Morgan fingerprint density at radius 2 is 1.90 bits per heavy atom. The zero-order valence-electron chi connectivity index (χ0n) is 12.3. The summed E-state index contributed by atoms with van der Waals surface area (Å²) in [4.78, 5) is 2.29. The van der Waals surface area contributed by atoms with Crippen LogP contribution in [0.1, 0.15) is 12.0 Å². The molecular formula is C13H20ClN3O2S2. The van der Waals surface area contributed by atoms with Gasteiger partial charge in [-0.05, 0) is 45.3 Å². The first-order valence-corrected chi connectivity index (χ1v) is 8.59. The number of nitrogens with two attached hydrogens (primary N) is 1. The number of hydrogen-bond donors (Lipinski definition) is 1. The third kappa shape index (κ3) is 4.89. The van der Waals surface area contributed by atoms with Gasteiger partial charge in [0, 0.05) is 19.2 Å². The Morgan fingerprint density at radius 1 is 1.29 bits per heavy atom. The van der Waals surface area contributed by atoms with Crippen LogP contribution in [0.4, 0.5) is 0 Å². The second kappa shape index (κ2) is 7.51. The van der Waals surface area contributed by atoms with Crippen LogP contribution in [0, 0.1) is 0 Å². The van der Waals surface area contributed by atoms with Crippen molar-refractivity contribution in [3.8, 4) is 0 Å². The highest BCUT2D eigenvalue weighted by Gasteiger charge is 2.21. The minimum Gasteiger partial charge on any atom is -0.389 e. The molecule has 0 radical (unpaired) electrons. The lowest BCUT2D eigenvalue weighted by Gasteiger charge is -2.19. The third-order valence-electron chi connectivity index (χ3n) is 2.99. The summed E-state index contributed by atoms with van der Waals surface area (Å²) in [5.74, 6) is 0. The second-order valence-electron chi connectivity index (χ2n) is 4.99. The van der Waals surface area contributed by atoms with E-state index in [1.54, 1.807) is 7.05 Å². The molecule has 0 unspecified atom stereocenters. The van der Waals surface area contributed by atoms with Gasteiger partial charge in [-0.3, -0.25) is 0 Å². The molecule has 8 heteroatoms. The molecule has 0 saturated heterocycles. The number of benzene rings is 1. The molecule has 0 heterocycles. The molecule has 0 aliphatic rings. The van der Waals surface area contributed by atoms with Crippen LogP contribution in [-0.2, 0) is 10.0 Å². The maximum Gasteiger partial charge on any atom is 0.242 e. The molecule has 0 aliphatic heterocycles. The Morgan fingerprint density at radius 3 is 2.38 bits per heavy atom. The van der Waals surface area contributed by atoms with Gasteiger partial charge in [0.15, 0.2) is 0 Å². The van der Waals surface area contributed by atoms with Crippen molar-refractivity contribution in [1.82, 2.24) is 9.21 Å². The predicted molar refractivity (Wildman–Crippen MR) is 90.3 cm³/mol. The quantitative estimate of drug-likeness (QED) is 0.756. The van der Waals surface area contributed by atoms with Crippen LogP contribution in [0.15, 0.2) is 23.1 Å². The van der Waals surface area contributed by atoms with Crippen molar-refractivity contribution >= 4 is 38.8 Å². The van der Waals surface area contributed by atoms with Gasteiger partial charge < -0.3 is 10.6 Å². The van der Waals surface area contributed by atoms with E-state index in [0.717, 1.165) is 13.0 Å². The van der Waals surface area contributed by atoms with Gasteiger partial charge in [0.25, 0.3) is 0 Å². The third-order valence-corrected chi connectivity index (χ3v) is 5.38. The Labute approximate surface area is 136 Å². The second-order valence-corrected chi connectivity index (χ2v) is 7.88. The molecule has 0 aromatic heterocycles. The molecule has 0 bridgehead atoms. The van der Waals surface area contributed by atoms with Crippen LogP contribution in [0.2, 0.25) is 5.02 Å². The number of nitrogens with zero attached hydrogens (tertiary/aromatic N) is 2. The number of hydrogen-bond acceptors (Lipinski definition) is 4. The summed E-state index contributed by atoms with van der Waals surface area (Å²) < 4.78 is 26.2. The van der Waals surface area contributed by atoms with Crippen molar-refractivity contribution in [1.29, 1.82) is 0 Å². The predicted octanol–water partition coefficient (Wildman–Crippen LogP) is 1.55. The van der Waals surface area contributed by atoms with E-state index in [9.17, 15) is 8.42 Å². The molecule has 0 fully saturated rings. The Bertz CT molecular complexity index is 618. The first-order chi connectivity index (χ1) is 9.66. The normalized spacial score (nSPS) is 12.1. The fourth-order valence-corrected chi connectivity index (χ4v) is 3.58. The summed E-state index contributed by atoms with van der Waals surface area (Å²) in [5, 5.41) is 0.241. The summed E-state index contributed by atoms with van der Waals surface area (Å²) in [5.41, 5.74) is 5.98. The molecule has 0 atom stereocenters. The van der Waals surface area contributed by atoms with Gasteiger partial charge >= 0.3 is 0 Å². The van der Waals surface area contributed by atoms with Crippen LogP contribution in [-0.4, -0.2) is 56.8 Å². The molecule has 0 amide bonds. The first kappa shape index (κ1) is 18.3. The van der Waals surface area contributed by atoms with Crippen molar-refractivity contribution in [2.75, 3.05) is 34.2 Å². The van der Waals surface area contributed by atoms with Crippen LogP contribution in [0.5, 0.6) is 0 Å². The average Bonchev–Trinajstić information content (AvgIpc) is 2.37. The van der Waals surface area contributed by atoms with E-state index < -0.39 is 10.0 Å². The topological polar surface area (TPSA) is 66.6 Å². The van der Waals surface area contributed by atoms with Gasteiger partial charge in [0.1, 0.15) is 4.99 Å². The van der Waals surface area contributed by atoms with Crippen molar-refractivity contribution in [3.63, 3.8) is 0 Å². The maximum atomic E-state index is 12.4. The summed E-state index contributed by atoms with van der Waals surface area (Å²) in [7, 11) is 1.89. The van der Waals surface area contributed by atoms with Crippen LogP contribution >= 0.6 is 23.8 Å². The van der Waals surface area contributed by atoms with E-state index in [1.165, 1.54) is 22.5 Å². The molecule has 1 aromatic rings. The zero-order valence-corrected chi connectivity index (χ0v) is 14.7. The standard InChI is InChI=1S/C13H20ClN3O2S2/c1-16(2)7-4-8-17(3)21(18,19)10-5-6-11(13(15)20)12(14)9-10/h5-6,9H,4,7-8H2,1-3H3,(H2,15,20). The van der Waals surface area contributed by atoms with Crippen molar-refractivity contribution in [3.05, 3.63) is 28.8 Å². The fourth-order valence-electron chi connectivity index (χ4n) is 1.77. The van der Waals surface area contributed by atoms with E-state index in [4.69, 9.17) is 29.6 Å². The summed E-state index contributed by atoms with van der Waals surface area (Å²) in [6.45, 7) is 1.26. The maximum absolute atomic E-state index is 12.4. The molecule has 0 spiro atoms. The summed E-state index contributed by atoms with van der Waals surface area (Å²) in [6, 6.07) is 4.39. The van der Waals surface area contributed by atoms with Gasteiger partial charge in [-0.1, -0.05) is 23.8 Å². The van der Waals surface area contributed by atoms with Crippen LogP contribution in [0.3, 0.4) is 0 Å². The fraction of sp³-hybridized carbons (Fsp3) is 0.462. The monoisotopic (exact) mass is 349 g/mol. The molecule has 2 N–H and O–H groups in total. The molecule has 0 saturated carbocycles. The van der Waals surface area contributed by atoms with Crippen molar-refractivity contribution < 1.29 is 8.42 Å². The molecule has 0 aliphatic carbocycles. The average molecular weight is 350 g/mol. The smallest absolute Gasteiger partial charge is 0.242 e. The zero-order chi connectivity index (χ0) is 16.2. The lowest BCUT2D eigenvalue weighted by atomic mass is 10.2. The summed E-state index contributed by atoms with van der Waals surface area (Å²) >= 11 is 10.9. The Kier molecular flexibility index (Phi) is 6.55. The summed E-state index contributed by atoms with van der Waals surface area (Å²) in [6.07, 6.45) is 0.751. The largest absolute Gasteiger partial charge is 0.389 e. The highest BCUT2D eigenvalue weighted by atomic mass is 35.5. The molecular weight excluding hydrogens is 330 g/mol. The van der Waals surface area contributed by atoms with Gasteiger partial charge in [-0.25, -0.2) is 12.7 Å². The van der Waals surface area contributed by atoms with Gasteiger partial charge in [-0.15, -0.1) is 0 Å². The number of halogens is 1. The van der Waals surface area contributed by atoms with Gasteiger partial charge in [0.05, 0.1) is 9.92 Å². The molecule has 21 heavy (non-hydrogen) atoms. The van der Waals surface area contributed by atoms with E-state index >= 15 is 0 Å². The first-order valence-electron chi connectivity index (χ1n) is 6.36. The number of sulfonamides is 1. The SMILES string of the molecule is CN(C)CCCN(C)S(=O)(=O)c1ccc(C(N)=S)c(Cl)c1. The van der Waals surface area contributed by atoms with Crippen molar-refractivity contribution in [2.24, 2.45) is 5.73 Å². The lowest BCUT2D eigenvalue weighted by molar-refractivity contribution is 0.370. The van der Waals surface area contributed by atoms with Gasteiger partial charge in [0.2, 0.25) is 10.0 Å². The lowest BCUT2D eigenvalue weighted by Crippen LogP contribution is -2.30. The highest BCUT2D eigenvalue weighted by Crippen LogP contribution is 2.23. The van der Waals surface area contributed by atoms with E-state index in [2.05, 4.69) is 0 Å². The van der Waals surface area contributed by atoms with Crippen LogP contribution < -0.4 is 5.73 Å². The number of thiocarbonyl (C=S) groups is 1. The Balaban J connectivity index is 2.92. The minimum absolute atomic E-state index is 0.139. The molecule has 1 aromatic carbocycles. The highest BCUT2D eigenvalue weighted by molar-refractivity contribution is 7.89. The van der Waals surface area contributed by atoms with Gasteiger partial charge in [-0.2, -0.15) is 0 Å². The van der Waals surface area contributed by atoms with E-state index in [1.807, 2.05) is 19.0 Å². The molecule has 5 nitrogen and oxygen atoms in total. The van der Waals surface area contributed by atoms with Crippen LogP contribution in [0.25, 0.3) is 0 Å². The Hall–Kier alpha value is -0.730. The minimum atomic E-state index is -3.56. The number of rotatable bonds is 7. The van der Waals surface area contributed by atoms with Crippen molar-refractivity contribution in [2.45, 2.75) is 11.3 Å². The van der Waals surface area contributed by atoms with E-state index in [0.29, 0.717) is 12.1 Å². The van der Waals surface area contributed by atoms with E-state index in [-0.39, 0.29) is 14.9 Å². The molecule has 1 rings (SSSR count). The molecule has 118 valence electrons.